The molecule has 4 rings (SSSR count). The Labute approximate surface area is 194 Å². The summed E-state index contributed by atoms with van der Waals surface area (Å²) >= 11 is 0. The summed E-state index contributed by atoms with van der Waals surface area (Å²) in [5.74, 6) is 1.71. The molecule has 7 nitrogen and oxygen atoms in total. The van der Waals surface area contributed by atoms with Crippen molar-refractivity contribution in [2.45, 2.75) is 33.0 Å². The van der Waals surface area contributed by atoms with E-state index in [1.807, 2.05) is 30.3 Å². The summed E-state index contributed by atoms with van der Waals surface area (Å²) < 4.78 is 10.9. The van der Waals surface area contributed by atoms with Crippen molar-refractivity contribution in [1.29, 1.82) is 0 Å². The number of amides is 1. The lowest BCUT2D eigenvalue weighted by Gasteiger charge is -2.29. The average molecular weight is 447 g/mol. The molecule has 0 bridgehead atoms. The van der Waals surface area contributed by atoms with Crippen LogP contribution in [-0.4, -0.2) is 36.6 Å². The van der Waals surface area contributed by atoms with Crippen LogP contribution in [0.2, 0.25) is 0 Å². The van der Waals surface area contributed by atoms with Crippen LogP contribution in [0.1, 0.15) is 38.3 Å². The summed E-state index contributed by atoms with van der Waals surface area (Å²) in [5.41, 5.74) is 11.8. The molecule has 0 unspecified atom stereocenters. The van der Waals surface area contributed by atoms with Gasteiger partial charge < -0.3 is 20.5 Å². The van der Waals surface area contributed by atoms with Crippen LogP contribution in [0.5, 0.6) is 11.5 Å². The van der Waals surface area contributed by atoms with E-state index in [1.165, 1.54) is 0 Å². The summed E-state index contributed by atoms with van der Waals surface area (Å²) in [6.45, 7) is 4.78. The van der Waals surface area contributed by atoms with Crippen LogP contribution >= 0.6 is 0 Å². The molecular weight excluding hydrogens is 416 g/mol. The molecule has 3 aromatic rings. The Bertz CT molecular complexity index is 1160. The summed E-state index contributed by atoms with van der Waals surface area (Å²) in [6, 6.07) is 15.7. The van der Waals surface area contributed by atoms with Crippen molar-refractivity contribution in [2.24, 2.45) is 0 Å². The van der Waals surface area contributed by atoms with Crippen LogP contribution in [0, 0.1) is 6.92 Å². The summed E-state index contributed by atoms with van der Waals surface area (Å²) in [7, 11) is 3.33. The molecule has 0 saturated heterocycles. The smallest absolute Gasteiger partial charge is 0.255 e. The number of carbonyl (C=O) groups excluding carboxylic acids is 1. The highest BCUT2D eigenvalue weighted by atomic mass is 16.5. The number of rotatable bonds is 7. The van der Waals surface area contributed by atoms with Gasteiger partial charge in [0, 0.05) is 43.9 Å². The maximum absolute atomic E-state index is 12.9. The molecule has 1 aliphatic heterocycles. The van der Waals surface area contributed by atoms with E-state index in [0.29, 0.717) is 18.7 Å². The largest absolute Gasteiger partial charge is 0.497 e. The van der Waals surface area contributed by atoms with Gasteiger partial charge in [0.1, 0.15) is 17.3 Å². The minimum atomic E-state index is -0.233. The van der Waals surface area contributed by atoms with Crippen LogP contribution in [0.4, 0.5) is 5.82 Å². The van der Waals surface area contributed by atoms with Gasteiger partial charge in [-0.15, -0.1) is 0 Å². The summed E-state index contributed by atoms with van der Waals surface area (Å²) in [5, 5.41) is 2.94. The molecule has 0 atom stereocenters. The molecule has 33 heavy (non-hydrogen) atoms. The Kier molecular flexibility index (Phi) is 6.79. The van der Waals surface area contributed by atoms with Crippen molar-refractivity contribution in [3.8, 4) is 11.5 Å². The second-order valence-corrected chi connectivity index (χ2v) is 8.29. The number of fused-ring (bicyclic) bond motifs is 1. The lowest BCUT2D eigenvalue weighted by atomic mass is 10.0. The number of ether oxygens (including phenoxy) is 2. The normalized spacial score (nSPS) is 13.3. The first-order chi connectivity index (χ1) is 16.0. The Morgan fingerprint density at radius 2 is 1.97 bits per heavy atom. The van der Waals surface area contributed by atoms with E-state index in [2.05, 4.69) is 40.3 Å². The lowest BCUT2D eigenvalue weighted by molar-refractivity contribution is 0.0951. The molecule has 0 saturated carbocycles. The number of para-hydroxylation sites is 1. The van der Waals surface area contributed by atoms with Crippen LogP contribution in [0.25, 0.3) is 0 Å². The molecule has 2 aromatic carbocycles. The number of nitrogen functional groups attached to an aromatic ring is 1. The van der Waals surface area contributed by atoms with Gasteiger partial charge in [0.25, 0.3) is 5.91 Å². The number of anilines is 1. The van der Waals surface area contributed by atoms with E-state index in [9.17, 15) is 4.79 Å². The van der Waals surface area contributed by atoms with Crippen molar-refractivity contribution >= 4 is 11.7 Å². The Morgan fingerprint density at radius 1 is 1.15 bits per heavy atom. The number of nitrogens with two attached hydrogens (primary N) is 1. The number of nitrogens with zero attached hydrogens (tertiary/aromatic N) is 2. The number of aryl methyl sites for hydroxylation is 1. The molecule has 7 heteroatoms. The third-order valence-corrected chi connectivity index (χ3v) is 6.00. The number of pyridine rings is 1. The fourth-order valence-electron chi connectivity index (χ4n) is 4.29. The fraction of sp³-hybridized carbons (Fsp3) is 0.308. The highest BCUT2D eigenvalue weighted by Crippen LogP contribution is 2.28. The van der Waals surface area contributed by atoms with Crippen molar-refractivity contribution in [3.63, 3.8) is 0 Å². The quantitative estimate of drug-likeness (QED) is 0.578. The number of carbonyl (C=O) groups is 1. The van der Waals surface area contributed by atoms with Gasteiger partial charge in [-0.2, -0.15) is 0 Å². The van der Waals surface area contributed by atoms with Crippen molar-refractivity contribution < 1.29 is 14.3 Å². The SMILES string of the molecule is COc1cccc(CNC(=O)c2cc3c(nc2N)CCN(Cc2cccc(C)c2OC)C3)c1. The number of benzene rings is 2. The zero-order valence-corrected chi connectivity index (χ0v) is 19.4. The number of hydrogen-bond acceptors (Lipinski definition) is 6. The topological polar surface area (TPSA) is 89.7 Å². The minimum absolute atomic E-state index is 0.233. The third kappa shape index (κ3) is 5.09. The predicted molar refractivity (Wildman–Crippen MR) is 128 cm³/mol. The van der Waals surface area contributed by atoms with Crippen LogP contribution in [0.3, 0.4) is 0 Å². The molecule has 0 radical (unpaired) electrons. The third-order valence-electron chi connectivity index (χ3n) is 6.00. The summed E-state index contributed by atoms with van der Waals surface area (Å²) in [4.78, 5) is 19.8. The first-order valence-electron chi connectivity index (χ1n) is 11.0. The zero-order chi connectivity index (χ0) is 23.4. The van der Waals surface area contributed by atoms with Crippen LogP contribution in [0.15, 0.2) is 48.5 Å². The Balaban J connectivity index is 1.47. The fourth-order valence-corrected chi connectivity index (χ4v) is 4.29. The Hall–Kier alpha value is -3.58. The molecule has 1 amide bonds. The van der Waals surface area contributed by atoms with E-state index in [0.717, 1.165) is 59.0 Å². The molecule has 1 aliphatic rings. The standard InChI is InChI=1S/C26H30N4O3/c1-17-6-4-8-19(24(17)33-3)15-30-11-10-23-20(16-30)13-22(25(27)29-23)26(31)28-14-18-7-5-9-21(12-18)32-2/h4-9,12-13H,10-11,14-16H2,1-3H3,(H2,27,29)(H,28,31). The van der Waals surface area contributed by atoms with Crippen molar-refractivity contribution in [3.05, 3.63) is 82.0 Å². The maximum Gasteiger partial charge on any atom is 0.255 e. The number of aromatic nitrogens is 1. The molecular formula is C26H30N4O3. The van der Waals surface area contributed by atoms with Gasteiger partial charge in [0.05, 0.1) is 19.8 Å². The zero-order valence-electron chi connectivity index (χ0n) is 19.4. The number of methoxy groups -OCH3 is 2. The highest BCUT2D eigenvalue weighted by molar-refractivity contribution is 5.98. The maximum atomic E-state index is 12.9. The van der Waals surface area contributed by atoms with E-state index in [1.54, 1.807) is 14.2 Å². The lowest BCUT2D eigenvalue weighted by Crippen LogP contribution is -2.32. The number of nitrogens with one attached hydrogen (secondary N) is 1. The van der Waals surface area contributed by atoms with Crippen molar-refractivity contribution in [2.75, 3.05) is 26.5 Å². The molecule has 0 spiro atoms. The first-order valence-corrected chi connectivity index (χ1v) is 11.0. The molecule has 0 fully saturated rings. The van der Waals surface area contributed by atoms with Crippen molar-refractivity contribution in [1.82, 2.24) is 15.2 Å². The van der Waals surface area contributed by atoms with Gasteiger partial charge in [-0.25, -0.2) is 4.98 Å². The average Bonchev–Trinajstić information content (AvgIpc) is 2.82. The van der Waals surface area contributed by atoms with Gasteiger partial charge in [-0.3, -0.25) is 9.69 Å². The van der Waals surface area contributed by atoms with E-state index in [4.69, 9.17) is 15.2 Å². The highest BCUT2D eigenvalue weighted by Gasteiger charge is 2.22. The van der Waals surface area contributed by atoms with Crippen LogP contribution in [-0.2, 0) is 26.1 Å². The van der Waals surface area contributed by atoms with Gasteiger partial charge >= 0.3 is 0 Å². The second kappa shape index (κ2) is 9.92. The van der Waals surface area contributed by atoms with E-state index >= 15 is 0 Å². The molecule has 0 aliphatic carbocycles. The molecule has 2 heterocycles. The first kappa shape index (κ1) is 22.6. The molecule has 1 aromatic heterocycles. The predicted octanol–water partition coefficient (Wildman–Crippen LogP) is 3.48. The van der Waals surface area contributed by atoms with Gasteiger partial charge in [0.15, 0.2) is 0 Å². The molecule has 3 N–H and O–H groups in total. The minimum Gasteiger partial charge on any atom is -0.497 e. The monoisotopic (exact) mass is 446 g/mol. The van der Waals surface area contributed by atoms with E-state index in [-0.39, 0.29) is 11.7 Å². The number of hydrogen-bond donors (Lipinski definition) is 2. The Morgan fingerprint density at radius 3 is 2.76 bits per heavy atom. The van der Waals surface area contributed by atoms with Crippen LogP contribution < -0.4 is 20.5 Å². The van der Waals surface area contributed by atoms with E-state index < -0.39 is 0 Å². The van der Waals surface area contributed by atoms with Gasteiger partial charge in [-0.05, 0) is 41.8 Å². The molecule has 172 valence electrons. The van der Waals surface area contributed by atoms with Gasteiger partial charge in [0.2, 0.25) is 0 Å². The van der Waals surface area contributed by atoms with Gasteiger partial charge in [-0.1, -0.05) is 30.3 Å². The summed E-state index contributed by atoms with van der Waals surface area (Å²) in [6.07, 6.45) is 0.791. The second-order valence-electron chi connectivity index (χ2n) is 8.29.